The van der Waals surface area contributed by atoms with E-state index in [1.165, 1.54) is 22.9 Å². The molecule has 0 N–H and O–H groups in total. The summed E-state index contributed by atoms with van der Waals surface area (Å²) in [4.78, 5) is 2.59. The molecule has 0 fully saturated rings. The topological polar surface area (TPSA) is 66.6 Å². The van der Waals surface area contributed by atoms with Crippen molar-refractivity contribution >= 4 is 5.69 Å². The van der Waals surface area contributed by atoms with Crippen molar-refractivity contribution in [2.45, 2.75) is 6.92 Å². The minimum atomic E-state index is -0.479. The summed E-state index contributed by atoms with van der Waals surface area (Å²) < 4.78 is 15.1. The number of hydrogen-bond donors (Lipinski definition) is 0. The maximum absolute atomic E-state index is 13.6. The molecule has 6 heteroatoms. The van der Waals surface area contributed by atoms with Crippen LogP contribution in [0.2, 0.25) is 0 Å². The normalized spacial score (nSPS) is 9.88. The third-order valence-corrected chi connectivity index (χ3v) is 2.05. The highest BCUT2D eigenvalue weighted by molar-refractivity contribution is 5.45. The molecular formula is C10H8FN5. The van der Waals surface area contributed by atoms with Crippen molar-refractivity contribution in [2.24, 2.45) is 5.11 Å². The van der Waals surface area contributed by atoms with Crippen molar-refractivity contribution in [1.82, 2.24) is 9.78 Å². The minimum absolute atomic E-state index is 0.243. The number of aryl methyl sites for hydroxylation is 1. The maximum atomic E-state index is 13.6. The lowest BCUT2D eigenvalue weighted by Crippen LogP contribution is -1.97. The van der Waals surface area contributed by atoms with Gasteiger partial charge in [-0.1, -0.05) is 11.2 Å². The van der Waals surface area contributed by atoms with Gasteiger partial charge in [-0.25, -0.2) is 9.07 Å². The Balaban J connectivity index is 2.47. The summed E-state index contributed by atoms with van der Waals surface area (Å²) in [5, 5.41) is 7.31. The first-order valence-corrected chi connectivity index (χ1v) is 4.57. The highest BCUT2D eigenvalue weighted by Crippen LogP contribution is 2.20. The van der Waals surface area contributed by atoms with E-state index in [0.717, 1.165) is 5.56 Å². The quantitative estimate of drug-likeness (QED) is 0.432. The number of halogens is 1. The van der Waals surface area contributed by atoms with Crippen LogP contribution >= 0.6 is 0 Å². The van der Waals surface area contributed by atoms with Crippen LogP contribution in [0.4, 0.5) is 10.1 Å². The smallest absolute Gasteiger partial charge is 0.149 e. The number of nitrogens with zero attached hydrogens (tertiary/aromatic N) is 5. The highest BCUT2D eigenvalue weighted by atomic mass is 19.1. The van der Waals surface area contributed by atoms with E-state index in [-0.39, 0.29) is 5.69 Å². The van der Waals surface area contributed by atoms with Gasteiger partial charge in [-0.15, -0.1) is 0 Å². The first-order chi connectivity index (χ1) is 7.70. The van der Waals surface area contributed by atoms with Crippen LogP contribution in [0.3, 0.4) is 0 Å². The van der Waals surface area contributed by atoms with E-state index in [0.29, 0.717) is 5.69 Å². The molecule has 0 atom stereocenters. The number of hydrogen-bond acceptors (Lipinski definition) is 2. The highest BCUT2D eigenvalue weighted by Gasteiger charge is 2.05. The van der Waals surface area contributed by atoms with Gasteiger partial charge < -0.3 is 0 Å². The summed E-state index contributed by atoms with van der Waals surface area (Å²) in [6.07, 6.45) is 3.35. The second-order valence-electron chi connectivity index (χ2n) is 3.29. The van der Waals surface area contributed by atoms with Gasteiger partial charge in [0, 0.05) is 16.8 Å². The summed E-state index contributed by atoms with van der Waals surface area (Å²) in [6, 6.07) is 4.23. The second kappa shape index (κ2) is 4.04. The first-order valence-electron chi connectivity index (χ1n) is 4.57. The van der Waals surface area contributed by atoms with E-state index >= 15 is 0 Å². The zero-order valence-corrected chi connectivity index (χ0v) is 8.50. The molecule has 0 aliphatic carbocycles. The standard InChI is InChI=1S/C10H8FN5/c1-7-5-13-16(6-7)10-3-2-8(14-15-12)4-9(10)11/h2-6H,1H3. The number of azide groups is 1. The lowest BCUT2D eigenvalue weighted by atomic mass is 10.2. The average Bonchev–Trinajstić information content (AvgIpc) is 2.65. The zero-order chi connectivity index (χ0) is 11.5. The number of rotatable bonds is 2. The van der Waals surface area contributed by atoms with Crippen LogP contribution in [-0.4, -0.2) is 9.78 Å². The van der Waals surface area contributed by atoms with Crippen LogP contribution in [0.1, 0.15) is 5.56 Å². The molecule has 80 valence electrons. The van der Waals surface area contributed by atoms with Crippen molar-refractivity contribution in [2.75, 3.05) is 0 Å². The average molecular weight is 217 g/mol. The molecule has 0 saturated carbocycles. The SMILES string of the molecule is Cc1cnn(-c2ccc(N=[N+]=[N-])cc2F)c1. The van der Waals surface area contributed by atoms with E-state index in [1.54, 1.807) is 12.4 Å². The van der Waals surface area contributed by atoms with Crippen LogP contribution < -0.4 is 0 Å². The molecule has 0 amide bonds. The largest absolute Gasteiger partial charge is 0.238 e. The van der Waals surface area contributed by atoms with E-state index in [9.17, 15) is 4.39 Å². The predicted molar refractivity (Wildman–Crippen MR) is 57.1 cm³/mol. The summed E-state index contributed by atoms with van der Waals surface area (Å²) in [7, 11) is 0. The third kappa shape index (κ3) is 1.87. The van der Waals surface area contributed by atoms with Crippen molar-refractivity contribution in [3.63, 3.8) is 0 Å². The third-order valence-electron chi connectivity index (χ3n) is 2.05. The molecule has 0 unspecified atom stereocenters. The van der Waals surface area contributed by atoms with Crippen molar-refractivity contribution in [3.8, 4) is 5.69 Å². The summed E-state index contributed by atoms with van der Waals surface area (Å²) in [5.74, 6) is -0.479. The molecule has 16 heavy (non-hydrogen) atoms. The fraction of sp³-hybridized carbons (Fsp3) is 0.100. The second-order valence-corrected chi connectivity index (χ2v) is 3.29. The van der Waals surface area contributed by atoms with Crippen molar-refractivity contribution in [1.29, 1.82) is 0 Å². The van der Waals surface area contributed by atoms with Crippen molar-refractivity contribution < 1.29 is 4.39 Å². The molecule has 0 aliphatic heterocycles. The van der Waals surface area contributed by atoms with E-state index < -0.39 is 5.82 Å². The molecule has 1 heterocycles. The predicted octanol–water partition coefficient (Wildman–Crippen LogP) is 3.26. The molecule has 0 spiro atoms. The van der Waals surface area contributed by atoms with E-state index in [2.05, 4.69) is 15.1 Å². The Morgan fingerprint density at radius 3 is 2.88 bits per heavy atom. The van der Waals surface area contributed by atoms with Gasteiger partial charge in [0.15, 0.2) is 0 Å². The Morgan fingerprint density at radius 2 is 2.31 bits per heavy atom. The molecule has 0 aliphatic rings. The van der Waals surface area contributed by atoms with Crippen LogP contribution in [0, 0.1) is 12.7 Å². The molecule has 0 saturated heterocycles. The fourth-order valence-corrected chi connectivity index (χ4v) is 1.34. The zero-order valence-electron chi connectivity index (χ0n) is 8.50. The van der Waals surface area contributed by atoms with Gasteiger partial charge >= 0.3 is 0 Å². The van der Waals surface area contributed by atoms with Gasteiger partial charge in [0.25, 0.3) is 0 Å². The molecule has 2 aromatic rings. The van der Waals surface area contributed by atoms with Gasteiger partial charge in [0.1, 0.15) is 11.5 Å². The molecule has 1 aromatic heterocycles. The Kier molecular flexibility index (Phi) is 2.57. The Bertz CT molecular complexity index is 568. The molecule has 1 aromatic carbocycles. The van der Waals surface area contributed by atoms with E-state index in [1.807, 2.05) is 6.92 Å². The van der Waals surface area contributed by atoms with Gasteiger partial charge in [0.05, 0.1) is 6.20 Å². The van der Waals surface area contributed by atoms with Crippen LogP contribution in [-0.2, 0) is 0 Å². The van der Waals surface area contributed by atoms with Crippen LogP contribution in [0.5, 0.6) is 0 Å². The lowest BCUT2D eigenvalue weighted by molar-refractivity contribution is 0.611. The Hall–Kier alpha value is -2.33. The monoisotopic (exact) mass is 217 g/mol. The van der Waals surface area contributed by atoms with Crippen LogP contribution in [0.15, 0.2) is 35.7 Å². The maximum Gasteiger partial charge on any atom is 0.149 e. The summed E-state index contributed by atoms with van der Waals surface area (Å²) in [6.45, 7) is 1.87. The molecular weight excluding hydrogens is 209 g/mol. The number of benzene rings is 1. The fourth-order valence-electron chi connectivity index (χ4n) is 1.34. The lowest BCUT2D eigenvalue weighted by Gasteiger charge is -2.03. The van der Waals surface area contributed by atoms with Gasteiger partial charge in [0.2, 0.25) is 0 Å². The minimum Gasteiger partial charge on any atom is -0.238 e. The molecule has 2 rings (SSSR count). The Morgan fingerprint density at radius 1 is 1.50 bits per heavy atom. The Labute approximate surface area is 90.8 Å². The van der Waals surface area contributed by atoms with Gasteiger partial charge in [-0.05, 0) is 30.2 Å². The molecule has 0 bridgehead atoms. The molecule has 5 nitrogen and oxygen atoms in total. The summed E-state index contributed by atoms with van der Waals surface area (Å²) in [5.41, 5.74) is 9.73. The molecule has 0 radical (unpaired) electrons. The van der Waals surface area contributed by atoms with E-state index in [4.69, 9.17) is 5.53 Å². The van der Waals surface area contributed by atoms with Crippen LogP contribution in [0.25, 0.3) is 16.1 Å². The summed E-state index contributed by atoms with van der Waals surface area (Å²) >= 11 is 0. The van der Waals surface area contributed by atoms with Crippen molar-refractivity contribution in [3.05, 3.63) is 52.4 Å². The van der Waals surface area contributed by atoms with Gasteiger partial charge in [-0.3, -0.25) is 0 Å². The number of aromatic nitrogens is 2. The first kappa shape index (κ1) is 10.2. The van der Waals surface area contributed by atoms with Gasteiger partial charge in [-0.2, -0.15) is 5.10 Å².